The fourth-order valence-corrected chi connectivity index (χ4v) is 2.14. The minimum Gasteiger partial charge on any atom is -0.322 e. The molecule has 116 valence electrons. The number of benzene rings is 1. The van der Waals surface area contributed by atoms with E-state index in [2.05, 4.69) is 18.5 Å². The summed E-state index contributed by atoms with van der Waals surface area (Å²) in [4.78, 5) is 13.1. The Labute approximate surface area is 129 Å². The van der Waals surface area contributed by atoms with Crippen molar-refractivity contribution in [2.24, 2.45) is 0 Å². The lowest BCUT2D eigenvalue weighted by Crippen LogP contribution is -2.23. The number of amides is 1. The highest BCUT2D eigenvalue weighted by atomic mass is 32.2. The molecule has 0 atom stereocenters. The molecule has 0 aliphatic carbocycles. The second kappa shape index (κ2) is 8.08. The summed E-state index contributed by atoms with van der Waals surface area (Å²) in [5, 5.41) is 11.2. The van der Waals surface area contributed by atoms with E-state index < -0.39 is 15.9 Å². The first kappa shape index (κ1) is 17.6. The minimum atomic E-state index is -4.04. The summed E-state index contributed by atoms with van der Waals surface area (Å²) < 4.78 is 23.0. The molecule has 0 aromatic heterocycles. The average molecular weight is 320 g/mol. The van der Waals surface area contributed by atoms with Crippen LogP contribution in [0.1, 0.15) is 10.4 Å². The highest BCUT2D eigenvalue weighted by Crippen LogP contribution is 2.11. The molecule has 0 saturated heterocycles. The van der Waals surface area contributed by atoms with Crippen molar-refractivity contribution < 1.29 is 18.4 Å². The molecule has 1 aromatic carbocycles. The number of rotatable bonds is 7. The van der Waals surface area contributed by atoms with Crippen molar-refractivity contribution in [3.63, 3.8) is 0 Å². The van der Waals surface area contributed by atoms with Crippen LogP contribution in [0.3, 0.4) is 0 Å². The molecule has 0 fully saturated rings. The van der Waals surface area contributed by atoms with Crippen molar-refractivity contribution in [2.45, 2.75) is 4.90 Å². The Kier molecular flexibility index (Phi) is 6.46. The molecule has 0 unspecified atom stereocenters. The van der Waals surface area contributed by atoms with Gasteiger partial charge in [0.25, 0.3) is 15.9 Å². The van der Waals surface area contributed by atoms with E-state index in [1.165, 1.54) is 29.2 Å². The van der Waals surface area contributed by atoms with E-state index in [1.54, 1.807) is 24.3 Å². The fourth-order valence-electron chi connectivity index (χ4n) is 1.50. The van der Waals surface area contributed by atoms with Gasteiger partial charge in [-0.25, -0.2) is 8.42 Å². The van der Waals surface area contributed by atoms with E-state index >= 15 is 0 Å². The first-order valence-electron chi connectivity index (χ1n) is 6.13. The third kappa shape index (κ3) is 4.81. The lowest BCUT2D eigenvalue weighted by Gasteiger charge is -2.07. The topological polar surface area (TPSA) is 95.5 Å². The number of carbonyl (C=O) groups excluding carboxylic acids is 1. The summed E-state index contributed by atoms with van der Waals surface area (Å²) in [5.74, 6) is -0.503. The zero-order valence-corrected chi connectivity index (χ0v) is 12.5. The third-order valence-corrected chi connectivity index (χ3v) is 3.61. The van der Waals surface area contributed by atoms with Crippen LogP contribution in [0, 0.1) is 0 Å². The van der Waals surface area contributed by atoms with E-state index in [4.69, 9.17) is 5.21 Å². The molecule has 0 aliphatic heterocycles. The summed E-state index contributed by atoms with van der Waals surface area (Å²) in [6.45, 7) is 7.07. The average Bonchev–Trinajstić information content (AvgIpc) is 2.52. The number of hydrogen-bond donors (Lipinski definition) is 3. The second-order valence-corrected chi connectivity index (χ2v) is 5.69. The van der Waals surface area contributed by atoms with Crippen LogP contribution in [0.15, 0.2) is 78.4 Å². The van der Waals surface area contributed by atoms with Gasteiger partial charge in [0.1, 0.15) is 0 Å². The van der Waals surface area contributed by atoms with Gasteiger partial charge >= 0.3 is 0 Å². The Morgan fingerprint density at radius 2 is 1.95 bits per heavy atom. The molecule has 0 spiro atoms. The van der Waals surface area contributed by atoms with Crippen LogP contribution in [0.4, 0.5) is 0 Å². The summed E-state index contributed by atoms with van der Waals surface area (Å²) in [5.41, 5.74) is 0.590. The van der Waals surface area contributed by atoms with Crippen molar-refractivity contribution >= 4 is 15.9 Å². The van der Waals surface area contributed by atoms with Crippen LogP contribution in [-0.4, -0.2) is 19.5 Å². The molecule has 1 aromatic rings. The van der Waals surface area contributed by atoms with Crippen LogP contribution >= 0.6 is 0 Å². The largest absolute Gasteiger partial charge is 0.322 e. The first-order chi connectivity index (χ1) is 10.4. The Morgan fingerprint density at radius 3 is 2.55 bits per heavy atom. The number of allylic oxidation sites excluding steroid dienone is 5. The lowest BCUT2D eigenvalue weighted by molar-refractivity contribution is 0.0967. The van der Waals surface area contributed by atoms with Crippen LogP contribution in [-0.2, 0) is 10.0 Å². The number of hydrogen-bond acceptors (Lipinski definition) is 4. The zero-order valence-electron chi connectivity index (χ0n) is 11.7. The molecule has 22 heavy (non-hydrogen) atoms. The van der Waals surface area contributed by atoms with Crippen LogP contribution in [0.5, 0.6) is 0 Å². The molecule has 0 radical (unpaired) electrons. The Balaban J connectivity index is 3.06. The molecular formula is C15H16N2O4S. The van der Waals surface area contributed by atoms with Gasteiger partial charge in [-0.15, -0.1) is 0 Å². The van der Waals surface area contributed by atoms with Gasteiger partial charge in [-0.3, -0.25) is 4.79 Å². The van der Waals surface area contributed by atoms with Gasteiger partial charge < -0.3 is 10.5 Å². The van der Waals surface area contributed by atoms with Gasteiger partial charge in [-0.1, -0.05) is 42.3 Å². The predicted octanol–water partition coefficient (Wildman–Crippen LogP) is 1.90. The van der Waals surface area contributed by atoms with Crippen molar-refractivity contribution in [2.75, 3.05) is 0 Å². The van der Waals surface area contributed by atoms with E-state index in [-0.39, 0.29) is 10.5 Å². The second-order valence-electron chi connectivity index (χ2n) is 4.03. The molecule has 7 heteroatoms. The summed E-state index contributed by atoms with van der Waals surface area (Å²) in [6, 6.07) is 5.26. The number of carbonyl (C=O) groups is 1. The molecular weight excluding hydrogens is 304 g/mol. The summed E-state index contributed by atoms with van der Waals surface area (Å²) in [6.07, 6.45) is 7.87. The molecule has 0 bridgehead atoms. The van der Waals surface area contributed by atoms with Crippen molar-refractivity contribution in [3.05, 3.63) is 79.1 Å². The van der Waals surface area contributed by atoms with Gasteiger partial charge in [0.2, 0.25) is 0 Å². The van der Waals surface area contributed by atoms with E-state index in [0.29, 0.717) is 5.70 Å². The highest BCUT2D eigenvalue weighted by Gasteiger charge is 2.15. The molecule has 0 saturated carbocycles. The van der Waals surface area contributed by atoms with Crippen LogP contribution in [0.2, 0.25) is 0 Å². The molecule has 0 heterocycles. The van der Waals surface area contributed by atoms with Crippen molar-refractivity contribution in [1.29, 1.82) is 0 Å². The minimum absolute atomic E-state index is 0.123. The quantitative estimate of drug-likeness (QED) is 0.528. The predicted molar refractivity (Wildman–Crippen MR) is 83.6 cm³/mol. The smallest absolute Gasteiger partial charge is 0.262 e. The van der Waals surface area contributed by atoms with Gasteiger partial charge in [-0.05, 0) is 30.4 Å². The van der Waals surface area contributed by atoms with E-state index in [1.807, 2.05) is 0 Å². The van der Waals surface area contributed by atoms with Gasteiger partial charge in [0, 0.05) is 11.3 Å². The fraction of sp³-hybridized carbons (Fsp3) is 0. The molecule has 6 nitrogen and oxygen atoms in total. The van der Waals surface area contributed by atoms with Crippen LogP contribution < -0.4 is 10.2 Å². The number of nitrogens with one attached hydrogen (secondary N) is 2. The standard InChI is InChI=1S/C15H16N2O4S/c1-3-5-9-13(7-4-2)16-15(18)12-8-6-10-14(11-12)22(20,21)17-19/h3-11,17,19H,1-2H2,(H,16,18)/b9-5-,13-7+. The summed E-state index contributed by atoms with van der Waals surface area (Å²) in [7, 11) is -4.04. The maximum atomic E-state index is 12.1. The van der Waals surface area contributed by atoms with Crippen LogP contribution in [0.25, 0.3) is 0 Å². The lowest BCUT2D eigenvalue weighted by atomic mass is 10.2. The van der Waals surface area contributed by atoms with Gasteiger partial charge in [0.05, 0.1) is 4.90 Å². The summed E-state index contributed by atoms with van der Waals surface area (Å²) >= 11 is 0. The van der Waals surface area contributed by atoms with E-state index in [0.717, 1.165) is 6.07 Å². The molecule has 3 N–H and O–H groups in total. The Bertz CT molecular complexity index is 734. The SMILES string of the molecule is C=C/C=C\C(=C/C=C)NC(=O)c1cccc(S(=O)(=O)NO)c1. The maximum Gasteiger partial charge on any atom is 0.262 e. The maximum absolute atomic E-state index is 12.1. The zero-order chi connectivity index (χ0) is 16.6. The van der Waals surface area contributed by atoms with Gasteiger partial charge in [0.15, 0.2) is 0 Å². The van der Waals surface area contributed by atoms with Gasteiger partial charge in [-0.2, -0.15) is 0 Å². The number of sulfonamides is 1. The first-order valence-corrected chi connectivity index (χ1v) is 7.62. The Hall–Kier alpha value is -2.48. The van der Waals surface area contributed by atoms with Crippen molar-refractivity contribution in [3.8, 4) is 0 Å². The highest BCUT2D eigenvalue weighted by molar-refractivity contribution is 7.89. The van der Waals surface area contributed by atoms with Crippen molar-refractivity contribution in [1.82, 2.24) is 10.2 Å². The molecule has 0 aliphatic rings. The normalized spacial score (nSPS) is 12.1. The Morgan fingerprint density at radius 1 is 1.23 bits per heavy atom. The molecule has 1 rings (SSSR count). The molecule has 1 amide bonds. The monoisotopic (exact) mass is 320 g/mol. The van der Waals surface area contributed by atoms with E-state index in [9.17, 15) is 13.2 Å². The third-order valence-electron chi connectivity index (χ3n) is 2.49.